The molecule has 54 heavy (non-hydrogen) atoms. The molecular weight excluding hydrogens is 682 g/mol. The molecule has 4 heterocycles. The normalized spacial score (nSPS) is 42.0. The molecule has 10 heteroatoms. The predicted molar refractivity (Wildman–Crippen MR) is 215 cm³/mol. The van der Waals surface area contributed by atoms with Crippen molar-refractivity contribution in [3.05, 3.63) is 23.8 Å². The summed E-state index contributed by atoms with van der Waals surface area (Å²) in [5, 5.41) is 23.6. The number of ether oxygens (including phenoxy) is 3. The molecule has 4 aliphatic rings. The zero-order valence-electron chi connectivity index (χ0n) is 35.5. The Kier molecular flexibility index (Phi) is 17.7. The number of piperidine rings is 2. The number of aliphatic hydroxyl groups excluding tert-OH is 2. The number of likely N-dealkylation sites (tertiary alicyclic amines) is 2. The van der Waals surface area contributed by atoms with Crippen LogP contribution in [0.25, 0.3) is 0 Å². The lowest BCUT2D eigenvalue weighted by Crippen LogP contribution is -2.60. The van der Waals surface area contributed by atoms with Gasteiger partial charge in [-0.15, -0.1) is 0 Å². The molecule has 4 aliphatic heterocycles. The molecule has 14 atom stereocenters. The van der Waals surface area contributed by atoms with Crippen molar-refractivity contribution in [1.29, 1.82) is 0 Å². The van der Waals surface area contributed by atoms with Crippen LogP contribution in [0, 0.1) is 41.4 Å². The van der Waals surface area contributed by atoms with Crippen LogP contribution in [-0.2, 0) is 23.8 Å². The van der Waals surface area contributed by atoms with Gasteiger partial charge >= 0.3 is 5.97 Å². The largest absolute Gasteiger partial charge is 0.462 e. The van der Waals surface area contributed by atoms with Gasteiger partial charge in [0.1, 0.15) is 12.2 Å². The first kappa shape index (κ1) is 45.0. The number of carbonyl (C=O) groups excluding carboxylic acids is 2. The molecule has 10 nitrogen and oxygen atoms in total. The summed E-state index contributed by atoms with van der Waals surface area (Å²) in [7, 11) is 3.93. The van der Waals surface area contributed by atoms with Crippen molar-refractivity contribution in [1.82, 2.24) is 14.7 Å². The molecule has 0 aliphatic carbocycles. The van der Waals surface area contributed by atoms with E-state index in [0.29, 0.717) is 24.7 Å². The van der Waals surface area contributed by atoms with E-state index in [0.717, 1.165) is 51.3 Å². The van der Waals surface area contributed by atoms with Crippen LogP contribution in [-0.4, -0.2) is 133 Å². The number of cyclic esters (lactones) is 1. The number of allylic oxidation sites excluding steroid dienone is 3. The van der Waals surface area contributed by atoms with Gasteiger partial charge in [0.2, 0.25) is 0 Å². The van der Waals surface area contributed by atoms with Gasteiger partial charge in [-0.1, -0.05) is 65.7 Å². The molecular formula is C44H77N3O7. The van der Waals surface area contributed by atoms with Crippen LogP contribution in [0.3, 0.4) is 0 Å². The minimum absolute atomic E-state index is 0.0579. The molecule has 0 amide bonds. The van der Waals surface area contributed by atoms with Gasteiger partial charge in [0.15, 0.2) is 12.1 Å². The lowest BCUT2D eigenvalue weighted by Gasteiger charge is -2.47. The molecule has 14 unspecified atom stereocenters. The number of carbonyl (C=O) groups is 2. The Bertz CT molecular complexity index is 1230. The third kappa shape index (κ3) is 12.7. The fourth-order valence-corrected chi connectivity index (χ4v) is 9.95. The highest BCUT2D eigenvalue weighted by atomic mass is 16.7. The van der Waals surface area contributed by atoms with Crippen molar-refractivity contribution in [3.63, 3.8) is 0 Å². The van der Waals surface area contributed by atoms with Crippen molar-refractivity contribution in [2.45, 2.75) is 150 Å². The summed E-state index contributed by atoms with van der Waals surface area (Å²) >= 11 is 0. The quantitative estimate of drug-likeness (QED) is 0.274. The zero-order valence-corrected chi connectivity index (χ0v) is 35.5. The van der Waals surface area contributed by atoms with E-state index in [4.69, 9.17) is 14.2 Å². The van der Waals surface area contributed by atoms with Crippen LogP contribution in [0.5, 0.6) is 0 Å². The molecule has 2 N–H and O–H groups in total. The lowest BCUT2D eigenvalue weighted by atomic mass is 9.79. The van der Waals surface area contributed by atoms with E-state index in [1.807, 2.05) is 59.7 Å². The number of nitrogens with zero attached hydrogens (tertiary/aromatic N) is 3. The molecule has 310 valence electrons. The van der Waals surface area contributed by atoms with Crippen LogP contribution >= 0.6 is 0 Å². The first-order chi connectivity index (χ1) is 25.6. The lowest BCUT2D eigenvalue weighted by molar-refractivity contribution is -0.295. The van der Waals surface area contributed by atoms with Crippen LogP contribution < -0.4 is 0 Å². The Morgan fingerprint density at radius 2 is 1.57 bits per heavy atom. The second-order valence-electron chi connectivity index (χ2n) is 18.2. The van der Waals surface area contributed by atoms with Gasteiger partial charge in [-0.2, -0.15) is 0 Å². The molecule has 0 spiro atoms. The van der Waals surface area contributed by atoms with Crippen molar-refractivity contribution in [3.8, 4) is 0 Å². The van der Waals surface area contributed by atoms with Crippen molar-refractivity contribution in [2.24, 2.45) is 41.4 Å². The van der Waals surface area contributed by atoms with Crippen molar-refractivity contribution in [2.75, 3.05) is 53.4 Å². The summed E-state index contributed by atoms with van der Waals surface area (Å²) in [5.74, 6) is -0.106. The van der Waals surface area contributed by atoms with Gasteiger partial charge in [-0.25, -0.2) is 0 Å². The maximum atomic E-state index is 13.9. The molecule has 3 saturated heterocycles. The monoisotopic (exact) mass is 760 g/mol. The average Bonchev–Trinajstić information content (AvgIpc) is 3.11. The van der Waals surface area contributed by atoms with Gasteiger partial charge < -0.3 is 39.1 Å². The summed E-state index contributed by atoms with van der Waals surface area (Å²) in [6.45, 7) is 22.4. The van der Waals surface area contributed by atoms with E-state index >= 15 is 0 Å². The number of ketones is 1. The molecule has 0 bridgehead atoms. The summed E-state index contributed by atoms with van der Waals surface area (Å²) < 4.78 is 19.5. The van der Waals surface area contributed by atoms with Gasteiger partial charge in [-0.3, -0.25) is 9.59 Å². The third-order valence-electron chi connectivity index (χ3n) is 13.1. The molecule has 0 aromatic carbocycles. The Morgan fingerprint density at radius 1 is 0.907 bits per heavy atom. The topological polar surface area (TPSA) is 112 Å². The third-order valence-corrected chi connectivity index (χ3v) is 13.1. The summed E-state index contributed by atoms with van der Waals surface area (Å²) in [4.78, 5) is 34.7. The van der Waals surface area contributed by atoms with Gasteiger partial charge in [0.05, 0.1) is 24.7 Å². The highest BCUT2D eigenvalue weighted by Crippen LogP contribution is 2.36. The number of likely N-dealkylation sites (N-methyl/N-ethyl adjacent to an activating group) is 1. The Labute approximate surface area is 328 Å². The maximum absolute atomic E-state index is 13.9. The van der Waals surface area contributed by atoms with Crippen LogP contribution in [0.2, 0.25) is 0 Å². The fraction of sp³-hybridized carbons (Fsp3) is 0.864. The summed E-state index contributed by atoms with van der Waals surface area (Å²) in [6.07, 6.45) is 8.34. The SMILES string of the molecule is CCC1OC(=O)CC(O)C(C)C(OC2OC(C)C(C)C(N(C)C)C2O)C(CCN2CCCCC2)CC(C)C(=O)/C=C/C(C)=C/C1CN1CC(C)CC(C)C1. The van der Waals surface area contributed by atoms with Crippen molar-refractivity contribution >= 4 is 11.8 Å². The van der Waals surface area contributed by atoms with E-state index in [-0.39, 0.29) is 54.1 Å². The second-order valence-corrected chi connectivity index (χ2v) is 18.2. The fourth-order valence-electron chi connectivity index (χ4n) is 9.95. The zero-order chi connectivity index (χ0) is 39.7. The predicted octanol–water partition coefficient (Wildman–Crippen LogP) is 5.95. The van der Waals surface area contributed by atoms with Crippen LogP contribution in [0.15, 0.2) is 23.8 Å². The standard InChI is InChI=1S/C44H77N3O7/c1-11-39-36(27-47-25-29(3)21-30(4)26-47)22-28(2)15-16-37(48)31(5)23-35(17-20-46-18-13-12-14-19-46)43(33(7)38(49)24-40(50)53-39)54-44-42(51)41(45(9)10)32(6)34(8)52-44/h15-16,22,29-36,38-39,41-44,49,51H,11-14,17-21,23-27H2,1-10H3/b16-15+,28-22+. The van der Waals surface area contributed by atoms with Gasteiger partial charge in [0.25, 0.3) is 0 Å². The molecule has 0 aromatic rings. The smallest absolute Gasteiger partial charge is 0.308 e. The number of esters is 1. The first-order valence-electron chi connectivity index (χ1n) is 21.5. The number of rotatable bonds is 9. The van der Waals surface area contributed by atoms with E-state index in [9.17, 15) is 19.8 Å². The van der Waals surface area contributed by atoms with E-state index < -0.39 is 36.5 Å². The van der Waals surface area contributed by atoms with Crippen LogP contribution in [0.1, 0.15) is 107 Å². The van der Waals surface area contributed by atoms with E-state index in [1.54, 1.807) is 6.08 Å². The Morgan fingerprint density at radius 3 is 2.20 bits per heavy atom. The van der Waals surface area contributed by atoms with Crippen molar-refractivity contribution < 1.29 is 34.0 Å². The van der Waals surface area contributed by atoms with Gasteiger partial charge in [0, 0.05) is 49.3 Å². The molecule has 0 aromatic heterocycles. The van der Waals surface area contributed by atoms with Crippen LogP contribution in [0.4, 0.5) is 0 Å². The summed E-state index contributed by atoms with van der Waals surface area (Å²) in [6, 6.07) is -0.191. The molecule has 0 saturated carbocycles. The molecule has 3 fully saturated rings. The minimum Gasteiger partial charge on any atom is -0.462 e. The maximum Gasteiger partial charge on any atom is 0.308 e. The molecule has 0 radical (unpaired) electrons. The Hall–Kier alpha value is -1.66. The molecule has 4 rings (SSSR count). The number of hydrogen-bond acceptors (Lipinski definition) is 10. The second kappa shape index (κ2) is 21.2. The highest BCUT2D eigenvalue weighted by molar-refractivity contribution is 5.91. The highest BCUT2D eigenvalue weighted by Gasteiger charge is 2.46. The van der Waals surface area contributed by atoms with Gasteiger partial charge in [-0.05, 0) is 110 Å². The summed E-state index contributed by atoms with van der Waals surface area (Å²) in [5.41, 5.74) is 0.971. The van der Waals surface area contributed by atoms with E-state index in [1.165, 1.54) is 25.7 Å². The number of aliphatic hydroxyl groups is 2. The Balaban J connectivity index is 1.68. The first-order valence-corrected chi connectivity index (χ1v) is 21.5. The average molecular weight is 760 g/mol. The minimum atomic E-state index is -1.06. The number of hydrogen-bond donors (Lipinski definition) is 2. The van der Waals surface area contributed by atoms with E-state index in [2.05, 4.69) is 36.6 Å².